The van der Waals surface area contributed by atoms with Crippen molar-refractivity contribution in [1.29, 1.82) is 0 Å². The van der Waals surface area contributed by atoms with E-state index in [0.29, 0.717) is 29.1 Å². The zero-order chi connectivity index (χ0) is 23.9. The quantitative estimate of drug-likeness (QED) is 0.576. The fraction of sp³-hybridized carbons (Fsp3) is 0.350. The highest BCUT2D eigenvalue weighted by Crippen LogP contribution is 2.33. The first-order chi connectivity index (χ1) is 15.5. The summed E-state index contributed by atoms with van der Waals surface area (Å²) in [6, 6.07) is 5.36. The molecule has 0 atom stereocenters. The largest absolute Gasteiger partial charge is 0.406 e. The summed E-state index contributed by atoms with van der Waals surface area (Å²) in [5.41, 5.74) is 6.48. The highest BCUT2D eigenvalue weighted by Gasteiger charge is 2.36. The van der Waals surface area contributed by atoms with Crippen LogP contribution in [0.25, 0.3) is 10.9 Å². The number of benzene rings is 1. The number of hydrogen-bond donors (Lipinski definition) is 1. The molecule has 2 amide bonds. The van der Waals surface area contributed by atoms with E-state index in [4.69, 9.17) is 5.73 Å². The Balaban J connectivity index is 1.54. The van der Waals surface area contributed by atoms with Gasteiger partial charge in [-0.1, -0.05) is 0 Å². The van der Waals surface area contributed by atoms with Crippen molar-refractivity contribution in [3.05, 3.63) is 47.7 Å². The van der Waals surface area contributed by atoms with E-state index >= 15 is 0 Å². The van der Waals surface area contributed by atoms with Crippen molar-refractivity contribution >= 4 is 28.7 Å². The number of anilines is 1. The van der Waals surface area contributed by atoms with Gasteiger partial charge in [-0.05, 0) is 24.3 Å². The molecule has 0 spiro atoms. The lowest BCUT2D eigenvalue weighted by atomic mass is 9.93. The van der Waals surface area contributed by atoms with Gasteiger partial charge in [0.05, 0.1) is 11.2 Å². The third-order valence-corrected chi connectivity index (χ3v) is 5.32. The summed E-state index contributed by atoms with van der Waals surface area (Å²) < 4.78 is 52.9. The van der Waals surface area contributed by atoms with Crippen LogP contribution >= 0.6 is 0 Å². The van der Waals surface area contributed by atoms with E-state index in [1.54, 1.807) is 0 Å². The number of nitrogens with two attached hydrogens (primary N) is 1. The van der Waals surface area contributed by atoms with Crippen molar-refractivity contribution in [2.45, 2.75) is 18.6 Å². The molecule has 0 aliphatic carbocycles. The summed E-state index contributed by atoms with van der Waals surface area (Å²) in [6.07, 6.45) is -3.16. The normalized spacial score (nSPS) is 14.4. The molecular formula is C20H19F4N7O2. The summed E-state index contributed by atoms with van der Waals surface area (Å²) in [7, 11) is 1.04. The van der Waals surface area contributed by atoms with Crippen LogP contribution in [0, 0.1) is 5.82 Å². The molecule has 1 saturated heterocycles. The lowest BCUT2D eigenvalue weighted by molar-refractivity contribution is -0.158. The number of halogens is 4. The Hall–Kier alpha value is -3.77. The molecule has 13 heteroatoms. The first-order valence-electron chi connectivity index (χ1n) is 9.86. The number of hydrogen-bond acceptors (Lipinski definition) is 6. The van der Waals surface area contributed by atoms with Crippen LogP contribution in [0.2, 0.25) is 0 Å². The molecule has 1 aliphatic rings. The van der Waals surface area contributed by atoms with Crippen molar-refractivity contribution in [3.63, 3.8) is 0 Å². The molecule has 0 radical (unpaired) electrons. The maximum absolute atomic E-state index is 13.9. The first-order valence-corrected chi connectivity index (χ1v) is 9.86. The fourth-order valence-corrected chi connectivity index (χ4v) is 3.67. The fourth-order valence-electron chi connectivity index (χ4n) is 3.67. The molecule has 1 aromatic carbocycles. The molecule has 3 heterocycles. The third kappa shape index (κ3) is 4.71. The van der Waals surface area contributed by atoms with Gasteiger partial charge in [-0.25, -0.2) is 14.4 Å². The smallest absolute Gasteiger partial charge is 0.368 e. The predicted octanol–water partition coefficient (Wildman–Crippen LogP) is 1.81. The number of carbonyl (C=O) groups excluding carboxylic acids is 2. The summed E-state index contributed by atoms with van der Waals surface area (Å²) >= 11 is 0. The summed E-state index contributed by atoms with van der Waals surface area (Å²) in [5.74, 6) is -1.95. The lowest BCUT2D eigenvalue weighted by Crippen LogP contribution is -2.49. The minimum atomic E-state index is -4.54. The number of nitrogen functional groups attached to an aromatic ring is 1. The van der Waals surface area contributed by atoms with Gasteiger partial charge in [0.1, 0.15) is 24.6 Å². The number of likely N-dealkylation sites (tertiary alicyclic amines) is 1. The van der Waals surface area contributed by atoms with E-state index in [9.17, 15) is 27.2 Å². The Kier molecular flexibility index (Phi) is 5.64. The molecule has 1 aliphatic heterocycles. The number of rotatable bonds is 5. The molecule has 0 saturated carbocycles. The van der Waals surface area contributed by atoms with Crippen LogP contribution in [-0.4, -0.2) is 74.2 Å². The van der Waals surface area contributed by atoms with Gasteiger partial charge in [-0.2, -0.15) is 18.3 Å². The van der Waals surface area contributed by atoms with Gasteiger partial charge in [-0.15, -0.1) is 0 Å². The zero-order valence-electron chi connectivity index (χ0n) is 17.4. The average molecular weight is 465 g/mol. The van der Waals surface area contributed by atoms with Gasteiger partial charge in [-0.3, -0.25) is 14.3 Å². The van der Waals surface area contributed by atoms with Gasteiger partial charge >= 0.3 is 6.18 Å². The lowest BCUT2D eigenvalue weighted by Gasteiger charge is -2.38. The SMILES string of the molecule is CN(CC(F)(F)F)C(=O)Cn1nc(C2CN(C(=O)c3ccnc(N)n3)C2)c2ccc(F)cc21. The third-order valence-electron chi connectivity index (χ3n) is 5.32. The molecule has 2 aromatic heterocycles. The van der Waals surface area contributed by atoms with Crippen molar-refractivity contribution in [1.82, 2.24) is 29.5 Å². The van der Waals surface area contributed by atoms with E-state index in [1.807, 2.05) is 0 Å². The molecule has 4 rings (SSSR count). The summed E-state index contributed by atoms with van der Waals surface area (Å²) in [5, 5.41) is 4.95. The van der Waals surface area contributed by atoms with Gasteiger partial charge < -0.3 is 15.5 Å². The second-order valence-electron chi connectivity index (χ2n) is 7.78. The topological polar surface area (TPSA) is 110 Å². The predicted molar refractivity (Wildman–Crippen MR) is 108 cm³/mol. The number of amides is 2. The molecule has 9 nitrogen and oxygen atoms in total. The molecule has 0 unspecified atom stereocenters. The summed E-state index contributed by atoms with van der Waals surface area (Å²) in [4.78, 5) is 34.6. The van der Waals surface area contributed by atoms with Crippen LogP contribution in [-0.2, 0) is 11.3 Å². The van der Waals surface area contributed by atoms with Crippen molar-refractivity contribution in [3.8, 4) is 0 Å². The molecule has 1 fully saturated rings. The molecule has 174 valence electrons. The number of carbonyl (C=O) groups is 2. The van der Waals surface area contributed by atoms with E-state index in [1.165, 1.54) is 40.0 Å². The van der Waals surface area contributed by atoms with Crippen LogP contribution in [0.3, 0.4) is 0 Å². The van der Waals surface area contributed by atoms with Crippen LogP contribution in [0.1, 0.15) is 22.1 Å². The highest BCUT2D eigenvalue weighted by molar-refractivity contribution is 5.93. The first kappa shape index (κ1) is 22.4. The minimum Gasteiger partial charge on any atom is -0.368 e. The second-order valence-corrected chi connectivity index (χ2v) is 7.78. The van der Waals surface area contributed by atoms with Gasteiger partial charge in [0.25, 0.3) is 5.91 Å². The maximum Gasteiger partial charge on any atom is 0.406 e. The summed E-state index contributed by atoms with van der Waals surface area (Å²) in [6.45, 7) is -1.29. The van der Waals surface area contributed by atoms with Gasteiger partial charge in [0.2, 0.25) is 11.9 Å². The Bertz CT molecular complexity index is 1220. The monoisotopic (exact) mass is 465 g/mol. The highest BCUT2D eigenvalue weighted by atomic mass is 19.4. The van der Waals surface area contributed by atoms with Crippen LogP contribution in [0.4, 0.5) is 23.5 Å². The van der Waals surface area contributed by atoms with Crippen molar-refractivity contribution in [2.24, 2.45) is 0 Å². The number of nitrogens with zero attached hydrogens (tertiary/aromatic N) is 6. The van der Waals surface area contributed by atoms with Crippen LogP contribution in [0.15, 0.2) is 30.5 Å². The van der Waals surface area contributed by atoms with Gasteiger partial charge in [0.15, 0.2) is 0 Å². The molecule has 33 heavy (non-hydrogen) atoms. The van der Waals surface area contributed by atoms with E-state index in [2.05, 4.69) is 15.1 Å². The average Bonchev–Trinajstić information content (AvgIpc) is 3.02. The van der Waals surface area contributed by atoms with Crippen LogP contribution in [0.5, 0.6) is 0 Å². The van der Waals surface area contributed by atoms with Crippen molar-refractivity contribution < 1.29 is 27.2 Å². The minimum absolute atomic E-state index is 0.0233. The van der Waals surface area contributed by atoms with Gasteiger partial charge in [0, 0.05) is 37.6 Å². The van der Waals surface area contributed by atoms with E-state index in [0.717, 1.165) is 7.05 Å². The van der Waals surface area contributed by atoms with Crippen molar-refractivity contribution in [2.75, 3.05) is 32.4 Å². The van der Waals surface area contributed by atoms with E-state index < -0.39 is 31.0 Å². The second kappa shape index (κ2) is 8.30. The number of likely N-dealkylation sites (N-methyl/N-ethyl adjacent to an activating group) is 1. The molecule has 0 bridgehead atoms. The standard InChI is InChI=1S/C20H19F4N7O2/c1-29(10-20(22,23)24)16(32)9-31-15-6-12(21)2-3-13(15)17(28-31)11-7-30(8-11)18(33)14-4-5-26-19(25)27-14/h2-6,11H,7-10H2,1H3,(H2,25,26,27). The molecular weight excluding hydrogens is 446 g/mol. The number of aromatic nitrogens is 4. The Morgan fingerprint density at radius 2 is 1.97 bits per heavy atom. The van der Waals surface area contributed by atoms with E-state index in [-0.39, 0.29) is 29.0 Å². The zero-order valence-corrected chi connectivity index (χ0v) is 17.4. The Morgan fingerprint density at radius 3 is 2.64 bits per heavy atom. The number of alkyl halides is 3. The Morgan fingerprint density at radius 1 is 1.24 bits per heavy atom. The van der Waals surface area contributed by atoms with Crippen LogP contribution < -0.4 is 5.73 Å². The molecule has 3 aromatic rings. The number of fused-ring (bicyclic) bond motifs is 1. The maximum atomic E-state index is 13.9. The Labute approximate surface area is 184 Å². The molecule has 2 N–H and O–H groups in total.